The summed E-state index contributed by atoms with van der Waals surface area (Å²) < 4.78 is 59.1. The van der Waals surface area contributed by atoms with Gasteiger partial charge in [0.1, 0.15) is 0 Å². The number of rotatable bonds is 4. The van der Waals surface area contributed by atoms with E-state index in [-0.39, 0.29) is 24.8 Å². The van der Waals surface area contributed by atoms with Crippen LogP contribution >= 0.6 is 0 Å². The first-order valence-electron chi connectivity index (χ1n) is 8.18. The number of alkyl halides is 5. The molecule has 3 rings (SSSR count). The first kappa shape index (κ1) is 21.1. The Labute approximate surface area is 150 Å². The SMILES string of the molecule is O=C(NCCC1CNCc2ccnn21)C1CC(F)(F)C1.O=C(O)C(F)(F)F. The maximum Gasteiger partial charge on any atom is 0.490 e. The van der Waals surface area contributed by atoms with Crippen LogP contribution in [-0.4, -0.2) is 52.0 Å². The molecule has 1 atom stereocenters. The van der Waals surface area contributed by atoms with E-state index in [2.05, 4.69) is 15.7 Å². The zero-order valence-corrected chi connectivity index (χ0v) is 14.1. The van der Waals surface area contributed by atoms with Crippen LogP contribution in [0.1, 0.15) is 31.0 Å². The number of nitrogens with zero attached hydrogens (tertiary/aromatic N) is 2. The normalized spacial score (nSPS) is 21.3. The highest BCUT2D eigenvalue weighted by atomic mass is 19.4. The topological polar surface area (TPSA) is 96.3 Å². The van der Waals surface area contributed by atoms with Gasteiger partial charge in [-0.15, -0.1) is 0 Å². The number of amides is 1. The predicted octanol–water partition coefficient (Wildman–Crippen LogP) is 1.71. The van der Waals surface area contributed by atoms with Gasteiger partial charge in [-0.25, -0.2) is 13.6 Å². The first-order chi connectivity index (χ1) is 12.5. The third kappa shape index (κ3) is 5.88. The second-order valence-electron chi connectivity index (χ2n) is 6.40. The van der Waals surface area contributed by atoms with Gasteiger partial charge in [0.25, 0.3) is 0 Å². The van der Waals surface area contributed by atoms with Gasteiger partial charge >= 0.3 is 12.1 Å². The molecule has 0 spiro atoms. The van der Waals surface area contributed by atoms with Crippen molar-refractivity contribution in [1.82, 2.24) is 20.4 Å². The number of carbonyl (C=O) groups is 2. The molecular formula is C15H19F5N4O3. The van der Waals surface area contributed by atoms with Crippen molar-refractivity contribution >= 4 is 11.9 Å². The monoisotopic (exact) mass is 398 g/mol. The number of aromatic nitrogens is 2. The number of halogens is 5. The number of nitrogens with one attached hydrogen (secondary N) is 2. The number of aliphatic carboxylic acids is 1. The molecule has 12 heteroatoms. The maximum absolute atomic E-state index is 12.7. The average Bonchev–Trinajstić information content (AvgIpc) is 3.01. The molecule has 2 heterocycles. The summed E-state index contributed by atoms with van der Waals surface area (Å²) >= 11 is 0. The van der Waals surface area contributed by atoms with E-state index < -0.39 is 24.0 Å². The van der Waals surface area contributed by atoms with Crippen LogP contribution in [0.15, 0.2) is 12.3 Å². The minimum Gasteiger partial charge on any atom is -0.475 e. The molecule has 1 aliphatic heterocycles. The smallest absolute Gasteiger partial charge is 0.475 e. The molecule has 0 saturated heterocycles. The molecular weight excluding hydrogens is 379 g/mol. The quantitative estimate of drug-likeness (QED) is 0.671. The lowest BCUT2D eigenvalue weighted by Gasteiger charge is -2.33. The van der Waals surface area contributed by atoms with Crippen LogP contribution in [0.4, 0.5) is 22.0 Å². The minimum absolute atomic E-state index is 0.205. The molecule has 1 unspecified atom stereocenters. The van der Waals surface area contributed by atoms with Crippen molar-refractivity contribution in [2.24, 2.45) is 5.92 Å². The van der Waals surface area contributed by atoms with E-state index in [1.165, 1.54) is 0 Å². The molecule has 0 radical (unpaired) electrons. The van der Waals surface area contributed by atoms with Gasteiger partial charge in [-0.3, -0.25) is 9.48 Å². The van der Waals surface area contributed by atoms with Gasteiger partial charge in [-0.05, 0) is 12.5 Å². The molecule has 27 heavy (non-hydrogen) atoms. The number of carboxylic acids is 1. The molecule has 1 amide bonds. The summed E-state index contributed by atoms with van der Waals surface area (Å²) in [6, 6.07) is 2.17. The Morgan fingerprint density at radius 2 is 2.00 bits per heavy atom. The van der Waals surface area contributed by atoms with Gasteiger partial charge in [0.15, 0.2) is 0 Å². The number of carbonyl (C=O) groups excluding carboxylic acids is 1. The first-order valence-corrected chi connectivity index (χ1v) is 8.18. The van der Waals surface area contributed by atoms with E-state index in [4.69, 9.17) is 9.90 Å². The summed E-state index contributed by atoms with van der Waals surface area (Å²) in [5, 5.41) is 17.5. The molecule has 7 nitrogen and oxygen atoms in total. The fraction of sp³-hybridized carbons (Fsp3) is 0.667. The van der Waals surface area contributed by atoms with Crippen molar-refractivity contribution in [3.63, 3.8) is 0 Å². The summed E-state index contributed by atoms with van der Waals surface area (Å²) in [5.41, 5.74) is 1.13. The third-order valence-corrected chi connectivity index (χ3v) is 4.26. The van der Waals surface area contributed by atoms with Gasteiger partial charge < -0.3 is 15.7 Å². The third-order valence-electron chi connectivity index (χ3n) is 4.26. The van der Waals surface area contributed by atoms with Gasteiger partial charge in [0, 0.05) is 44.6 Å². The minimum atomic E-state index is -5.08. The molecule has 0 bridgehead atoms. The molecule has 2 aliphatic rings. The van der Waals surface area contributed by atoms with Crippen LogP contribution in [0.3, 0.4) is 0 Å². The number of carboxylic acid groups (broad SMARTS) is 1. The fourth-order valence-electron chi connectivity index (χ4n) is 2.84. The van der Waals surface area contributed by atoms with Crippen molar-refractivity contribution in [3.05, 3.63) is 18.0 Å². The van der Waals surface area contributed by atoms with Gasteiger partial charge in [0.05, 0.1) is 11.7 Å². The van der Waals surface area contributed by atoms with Gasteiger partial charge in [-0.1, -0.05) is 0 Å². The van der Waals surface area contributed by atoms with Gasteiger partial charge in [-0.2, -0.15) is 18.3 Å². The van der Waals surface area contributed by atoms with Crippen LogP contribution in [0, 0.1) is 5.92 Å². The molecule has 152 valence electrons. The number of fused-ring (bicyclic) bond motifs is 1. The summed E-state index contributed by atoms with van der Waals surface area (Å²) in [6.07, 6.45) is -3.19. The Hall–Kier alpha value is -2.24. The fourth-order valence-corrected chi connectivity index (χ4v) is 2.84. The second kappa shape index (κ2) is 8.19. The lowest BCUT2D eigenvalue weighted by atomic mass is 9.81. The summed E-state index contributed by atoms with van der Waals surface area (Å²) in [7, 11) is 0. The zero-order chi connectivity index (χ0) is 20.2. The standard InChI is InChI=1S/C13H18F2N4O.C2HF3O2/c14-13(15)5-9(6-13)12(20)17-3-1-10-7-16-8-11-2-4-18-19(10)11;3-2(4,5)1(6)7/h2,4,9-10,16H,1,3,5-8H2,(H,17,20);(H,6,7). The highest BCUT2D eigenvalue weighted by Crippen LogP contribution is 2.42. The number of hydrogen-bond acceptors (Lipinski definition) is 4. The molecule has 1 aromatic rings. The van der Waals surface area contributed by atoms with E-state index in [1.807, 2.05) is 10.7 Å². The predicted molar refractivity (Wildman–Crippen MR) is 82.0 cm³/mol. The van der Waals surface area contributed by atoms with Crippen molar-refractivity contribution in [2.75, 3.05) is 13.1 Å². The molecule has 1 aliphatic carbocycles. The molecule has 1 saturated carbocycles. The van der Waals surface area contributed by atoms with E-state index in [1.54, 1.807) is 6.20 Å². The maximum atomic E-state index is 12.7. The summed E-state index contributed by atoms with van der Waals surface area (Å²) in [5.74, 6) is -6.16. The lowest BCUT2D eigenvalue weighted by Crippen LogP contribution is -2.45. The Kier molecular flexibility index (Phi) is 6.39. The Morgan fingerprint density at radius 1 is 1.37 bits per heavy atom. The van der Waals surface area contributed by atoms with Crippen LogP contribution in [0.25, 0.3) is 0 Å². The van der Waals surface area contributed by atoms with E-state index in [0.29, 0.717) is 6.54 Å². The van der Waals surface area contributed by atoms with Crippen molar-refractivity contribution in [2.45, 2.75) is 43.9 Å². The number of hydrogen-bond donors (Lipinski definition) is 3. The van der Waals surface area contributed by atoms with Crippen LogP contribution in [0.5, 0.6) is 0 Å². The van der Waals surface area contributed by atoms with E-state index >= 15 is 0 Å². The van der Waals surface area contributed by atoms with Crippen LogP contribution < -0.4 is 10.6 Å². The Bertz CT molecular complexity index is 669. The highest BCUT2D eigenvalue weighted by molar-refractivity contribution is 5.79. The largest absolute Gasteiger partial charge is 0.490 e. The van der Waals surface area contributed by atoms with Crippen molar-refractivity contribution < 1.29 is 36.6 Å². The summed E-state index contributed by atoms with van der Waals surface area (Å²) in [4.78, 5) is 20.6. The Morgan fingerprint density at radius 3 is 2.56 bits per heavy atom. The molecule has 1 aromatic heterocycles. The molecule has 3 N–H and O–H groups in total. The van der Waals surface area contributed by atoms with E-state index in [9.17, 15) is 26.7 Å². The zero-order valence-electron chi connectivity index (χ0n) is 14.1. The van der Waals surface area contributed by atoms with Crippen molar-refractivity contribution in [3.8, 4) is 0 Å². The van der Waals surface area contributed by atoms with Crippen LogP contribution in [-0.2, 0) is 16.1 Å². The summed E-state index contributed by atoms with van der Waals surface area (Å²) in [6.45, 7) is 2.11. The molecule has 0 aromatic carbocycles. The van der Waals surface area contributed by atoms with Crippen LogP contribution in [0.2, 0.25) is 0 Å². The van der Waals surface area contributed by atoms with Crippen molar-refractivity contribution in [1.29, 1.82) is 0 Å². The second-order valence-corrected chi connectivity index (χ2v) is 6.40. The highest BCUT2D eigenvalue weighted by Gasteiger charge is 2.48. The lowest BCUT2D eigenvalue weighted by molar-refractivity contribution is -0.192. The van der Waals surface area contributed by atoms with Gasteiger partial charge in [0.2, 0.25) is 11.8 Å². The molecule has 1 fully saturated rings. The van der Waals surface area contributed by atoms with E-state index in [0.717, 1.165) is 25.2 Å². The Balaban J connectivity index is 0.000000321. The average molecular weight is 398 g/mol.